The second-order valence-corrected chi connectivity index (χ2v) is 14.2. The van der Waals surface area contributed by atoms with Crippen molar-refractivity contribution in [3.05, 3.63) is 168 Å². The molecule has 2 aliphatic rings. The number of nitrogens with zero attached hydrogens (tertiary/aromatic N) is 2. The number of fused-ring (bicyclic) bond motifs is 6. The third kappa shape index (κ3) is 4.19. The molecule has 48 heavy (non-hydrogen) atoms. The van der Waals surface area contributed by atoms with Crippen molar-refractivity contribution in [1.82, 2.24) is 9.97 Å². The van der Waals surface area contributed by atoms with Crippen LogP contribution in [0, 0.1) is 0 Å². The van der Waals surface area contributed by atoms with E-state index in [-0.39, 0.29) is 10.8 Å². The fourth-order valence-electron chi connectivity index (χ4n) is 8.13. The smallest absolute Gasteiger partial charge is 0.0753 e. The van der Waals surface area contributed by atoms with Gasteiger partial charge in [-0.3, -0.25) is 0 Å². The molecule has 0 N–H and O–H groups in total. The van der Waals surface area contributed by atoms with E-state index in [9.17, 15) is 0 Å². The lowest BCUT2D eigenvalue weighted by Crippen LogP contribution is -2.15. The molecule has 0 radical (unpaired) electrons. The average molecular weight is 617 g/mol. The Balaban J connectivity index is 1.32. The summed E-state index contributed by atoms with van der Waals surface area (Å²) in [4.78, 5) is 10.9. The van der Waals surface area contributed by atoms with Crippen molar-refractivity contribution in [2.45, 2.75) is 38.5 Å². The molecule has 0 atom stereocenters. The van der Waals surface area contributed by atoms with Crippen molar-refractivity contribution in [2.24, 2.45) is 0 Å². The van der Waals surface area contributed by atoms with Crippen molar-refractivity contribution in [3.8, 4) is 67.3 Å². The third-order valence-electron chi connectivity index (χ3n) is 10.7. The van der Waals surface area contributed by atoms with E-state index in [0.29, 0.717) is 0 Å². The van der Waals surface area contributed by atoms with Gasteiger partial charge in [-0.25, -0.2) is 9.97 Å². The summed E-state index contributed by atoms with van der Waals surface area (Å²) >= 11 is 0. The van der Waals surface area contributed by atoms with Crippen molar-refractivity contribution in [1.29, 1.82) is 0 Å². The minimum Gasteiger partial charge on any atom is -0.247 e. The standard InChI is InChI=1S/C46H36N2/c1-45(2)37-21-13-11-19-31(37)43-39(45)23-25-41(47-43)35-28-36(34(30-17-9-6-10-18-30)27-33(35)29-15-7-5-8-16-29)42-26-24-40-44(48-42)32-20-12-14-22-38(32)46(40,3)4/h5-28H,1-4H3. The van der Waals surface area contributed by atoms with Gasteiger partial charge in [0.15, 0.2) is 0 Å². The Morgan fingerprint density at radius 1 is 0.333 bits per heavy atom. The summed E-state index contributed by atoms with van der Waals surface area (Å²) in [5, 5.41) is 0. The Bertz CT molecular complexity index is 2220. The Kier molecular flexibility index (Phi) is 6.23. The molecule has 7 aromatic rings. The minimum atomic E-state index is -0.0968. The van der Waals surface area contributed by atoms with E-state index in [1.165, 1.54) is 33.4 Å². The largest absolute Gasteiger partial charge is 0.247 e. The molecular weight excluding hydrogens is 581 g/mol. The first-order chi connectivity index (χ1) is 23.3. The Morgan fingerprint density at radius 2 is 0.708 bits per heavy atom. The second-order valence-electron chi connectivity index (χ2n) is 14.2. The maximum atomic E-state index is 5.47. The number of hydrogen-bond acceptors (Lipinski definition) is 2. The van der Waals surface area contributed by atoms with Gasteiger partial charge < -0.3 is 0 Å². The van der Waals surface area contributed by atoms with Crippen LogP contribution in [0.15, 0.2) is 146 Å². The third-order valence-corrected chi connectivity index (χ3v) is 10.7. The van der Waals surface area contributed by atoms with Gasteiger partial charge in [0.25, 0.3) is 0 Å². The molecule has 2 aromatic heterocycles. The molecule has 2 heteroatoms. The van der Waals surface area contributed by atoms with Crippen LogP contribution in [0.25, 0.3) is 67.3 Å². The van der Waals surface area contributed by atoms with Crippen LogP contribution in [0.5, 0.6) is 0 Å². The minimum absolute atomic E-state index is 0.0968. The second kappa shape index (κ2) is 10.5. The van der Waals surface area contributed by atoms with Gasteiger partial charge in [0, 0.05) is 33.1 Å². The lowest BCUT2D eigenvalue weighted by Gasteiger charge is -2.22. The molecule has 0 unspecified atom stereocenters. The number of rotatable bonds is 4. The zero-order valence-electron chi connectivity index (χ0n) is 27.8. The molecule has 9 rings (SSSR count). The van der Waals surface area contributed by atoms with E-state index in [2.05, 4.69) is 173 Å². The van der Waals surface area contributed by atoms with Crippen LogP contribution in [-0.2, 0) is 10.8 Å². The van der Waals surface area contributed by atoms with Gasteiger partial charge >= 0.3 is 0 Å². The van der Waals surface area contributed by atoms with Gasteiger partial charge in [-0.05, 0) is 68.8 Å². The highest BCUT2D eigenvalue weighted by Crippen LogP contribution is 2.51. The quantitative estimate of drug-likeness (QED) is 0.197. The van der Waals surface area contributed by atoms with E-state index in [1.807, 2.05) is 0 Å². The van der Waals surface area contributed by atoms with Gasteiger partial charge in [0.05, 0.1) is 22.8 Å². The molecule has 0 bridgehead atoms. The Hall–Kier alpha value is -5.60. The van der Waals surface area contributed by atoms with Gasteiger partial charge in [-0.2, -0.15) is 0 Å². The number of hydrogen-bond donors (Lipinski definition) is 0. The zero-order chi connectivity index (χ0) is 32.6. The Labute approximate surface area is 282 Å². The maximum absolute atomic E-state index is 5.47. The number of aromatic nitrogens is 2. The summed E-state index contributed by atoms with van der Waals surface area (Å²) in [5.74, 6) is 0. The molecule has 0 saturated carbocycles. The van der Waals surface area contributed by atoms with E-state index >= 15 is 0 Å². The van der Waals surface area contributed by atoms with Crippen LogP contribution in [0.1, 0.15) is 49.9 Å². The van der Waals surface area contributed by atoms with Crippen molar-refractivity contribution < 1.29 is 0 Å². The lowest BCUT2D eigenvalue weighted by atomic mass is 9.82. The summed E-state index contributed by atoms with van der Waals surface area (Å²) in [6.07, 6.45) is 0. The molecule has 0 amide bonds. The van der Waals surface area contributed by atoms with Crippen molar-refractivity contribution >= 4 is 0 Å². The van der Waals surface area contributed by atoms with Crippen LogP contribution >= 0.6 is 0 Å². The highest BCUT2D eigenvalue weighted by Gasteiger charge is 2.38. The first kappa shape index (κ1) is 28.6. The normalized spacial score (nSPS) is 14.6. The van der Waals surface area contributed by atoms with Crippen LogP contribution in [0.4, 0.5) is 0 Å². The summed E-state index contributed by atoms with van der Waals surface area (Å²) in [6, 6.07) is 52.6. The molecule has 0 saturated heterocycles. The first-order valence-electron chi connectivity index (χ1n) is 16.8. The van der Waals surface area contributed by atoms with Crippen LogP contribution < -0.4 is 0 Å². The monoisotopic (exact) mass is 616 g/mol. The van der Waals surface area contributed by atoms with Crippen LogP contribution in [0.3, 0.4) is 0 Å². The topological polar surface area (TPSA) is 25.8 Å². The van der Waals surface area contributed by atoms with Gasteiger partial charge in [-0.1, -0.05) is 149 Å². The van der Waals surface area contributed by atoms with Gasteiger partial charge in [0.1, 0.15) is 0 Å². The SMILES string of the molecule is CC1(C)c2ccccc2-c2nc(-c3cc(-c4ccc5c(n4)-c4ccccc4C5(C)C)c(-c4ccccc4)cc3-c3ccccc3)ccc21. The van der Waals surface area contributed by atoms with Crippen LogP contribution in [-0.4, -0.2) is 9.97 Å². The summed E-state index contributed by atoms with van der Waals surface area (Å²) in [5.41, 5.74) is 18.4. The zero-order valence-corrected chi connectivity index (χ0v) is 27.8. The fourth-order valence-corrected chi connectivity index (χ4v) is 8.13. The van der Waals surface area contributed by atoms with Gasteiger partial charge in [0.2, 0.25) is 0 Å². The average Bonchev–Trinajstić information content (AvgIpc) is 3.51. The molecule has 2 heterocycles. The summed E-state index contributed by atoms with van der Waals surface area (Å²) in [6.45, 7) is 9.22. The Morgan fingerprint density at radius 3 is 1.15 bits per heavy atom. The van der Waals surface area contributed by atoms with Gasteiger partial charge in [-0.15, -0.1) is 0 Å². The molecule has 0 fully saturated rings. The number of benzene rings is 5. The van der Waals surface area contributed by atoms with Crippen LogP contribution in [0.2, 0.25) is 0 Å². The first-order valence-corrected chi connectivity index (χ1v) is 16.8. The molecule has 5 aromatic carbocycles. The van der Waals surface area contributed by atoms with Crippen molar-refractivity contribution in [3.63, 3.8) is 0 Å². The molecule has 230 valence electrons. The molecular formula is C46H36N2. The predicted octanol–water partition coefficient (Wildman–Crippen LogP) is 11.8. The predicted molar refractivity (Wildman–Crippen MR) is 199 cm³/mol. The van der Waals surface area contributed by atoms with E-state index in [0.717, 1.165) is 56.2 Å². The molecule has 0 aliphatic heterocycles. The van der Waals surface area contributed by atoms with Crippen molar-refractivity contribution in [2.75, 3.05) is 0 Å². The fraction of sp³-hybridized carbons (Fsp3) is 0.130. The molecule has 0 spiro atoms. The van der Waals surface area contributed by atoms with E-state index < -0.39 is 0 Å². The lowest BCUT2D eigenvalue weighted by molar-refractivity contribution is 0.659. The maximum Gasteiger partial charge on any atom is 0.0753 e. The summed E-state index contributed by atoms with van der Waals surface area (Å²) in [7, 11) is 0. The molecule has 2 nitrogen and oxygen atoms in total. The highest BCUT2D eigenvalue weighted by molar-refractivity contribution is 5.95. The molecule has 2 aliphatic carbocycles. The van der Waals surface area contributed by atoms with E-state index in [4.69, 9.17) is 9.97 Å². The number of pyridine rings is 2. The highest BCUT2D eigenvalue weighted by atomic mass is 14.8. The van der Waals surface area contributed by atoms with E-state index in [1.54, 1.807) is 0 Å². The summed E-state index contributed by atoms with van der Waals surface area (Å²) < 4.78 is 0.